The fourth-order valence-corrected chi connectivity index (χ4v) is 2.59. The number of ether oxygens (including phenoxy) is 1. The van der Waals surface area contributed by atoms with E-state index < -0.39 is 17.5 Å². The van der Waals surface area contributed by atoms with Crippen LogP contribution in [0.25, 0.3) is 0 Å². The molecule has 2 aliphatic rings. The van der Waals surface area contributed by atoms with Gasteiger partial charge in [0, 0.05) is 18.4 Å². The predicted octanol–water partition coefficient (Wildman–Crippen LogP) is 1.97. The van der Waals surface area contributed by atoms with E-state index in [2.05, 4.69) is 10.6 Å². The second-order valence-corrected chi connectivity index (χ2v) is 4.42. The molecule has 0 bridgehead atoms. The summed E-state index contributed by atoms with van der Waals surface area (Å²) in [5, 5.41) is 5.65. The van der Waals surface area contributed by atoms with Crippen LogP contribution in [0.4, 0.5) is 14.9 Å². The summed E-state index contributed by atoms with van der Waals surface area (Å²) in [6.07, 6.45) is 0.790. The maximum absolute atomic E-state index is 13.7. The molecular weight excluding hydrogens is 223 g/mol. The average molecular weight is 236 g/mol. The lowest BCUT2D eigenvalue weighted by Crippen LogP contribution is -2.47. The first kappa shape index (κ1) is 10.5. The van der Waals surface area contributed by atoms with Gasteiger partial charge in [-0.1, -0.05) is 12.1 Å². The molecule has 1 spiro atoms. The number of anilines is 1. The molecule has 0 saturated carbocycles. The molecule has 2 aliphatic heterocycles. The number of benzene rings is 1. The van der Waals surface area contributed by atoms with E-state index in [9.17, 15) is 9.18 Å². The van der Waals surface area contributed by atoms with E-state index in [1.807, 2.05) is 6.07 Å². The van der Waals surface area contributed by atoms with Crippen molar-refractivity contribution in [2.75, 3.05) is 18.4 Å². The Kier molecular flexibility index (Phi) is 2.29. The van der Waals surface area contributed by atoms with Crippen LogP contribution in [0.2, 0.25) is 0 Å². The minimum Gasteiger partial charge on any atom is -0.438 e. The Morgan fingerprint density at radius 3 is 2.82 bits per heavy atom. The predicted molar refractivity (Wildman–Crippen MR) is 60.3 cm³/mol. The molecule has 1 amide bonds. The van der Waals surface area contributed by atoms with Gasteiger partial charge in [0.25, 0.3) is 0 Å². The Morgan fingerprint density at radius 2 is 2.06 bits per heavy atom. The number of para-hydroxylation sites is 1. The molecule has 1 saturated heterocycles. The molecule has 4 nitrogen and oxygen atoms in total. The molecule has 3 rings (SSSR count). The summed E-state index contributed by atoms with van der Waals surface area (Å²) in [5.74, 6) is -0.406. The van der Waals surface area contributed by atoms with Gasteiger partial charge >= 0.3 is 6.09 Å². The summed E-state index contributed by atoms with van der Waals surface area (Å²) < 4.78 is 19.1. The highest BCUT2D eigenvalue weighted by atomic mass is 19.1. The molecular formula is C12H13FN2O2. The van der Waals surface area contributed by atoms with Crippen molar-refractivity contribution in [1.29, 1.82) is 0 Å². The van der Waals surface area contributed by atoms with Crippen molar-refractivity contribution in [3.05, 3.63) is 29.6 Å². The third kappa shape index (κ3) is 1.58. The van der Waals surface area contributed by atoms with Gasteiger partial charge in [-0.2, -0.15) is 0 Å². The highest BCUT2D eigenvalue weighted by Crippen LogP contribution is 2.42. The summed E-state index contributed by atoms with van der Waals surface area (Å²) in [5.41, 5.74) is 0.356. The topological polar surface area (TPSA) is 50.4 Å². The van der Waals surface area contributed by atoms with E-state index >= 15 is 0 Å². The SMILES string of the molecule is O=C1Nc2c(F)cccc2C2(CCNCC2)O1. The highest BCUT2D eigenvalue weighted by Gasteiger charge is 2.43. The molecule has 90 valence electrons. The number of carbonyl (C=O) groups is 1. The first-order valence-electron chi connectivity index (χ1n) is 5.71. The molecule has 1 aromatic rings. The summed E-state index contributed by atoms with van der Waals surface area (Å²) in [6, 6.07) is 4.82. The number of fused-ring (bicyclic) bond motifs is 2. The van der Waals surface area contributed by atoms with Crippen molar-refractivity contribution in [2.24, 2.45) is 0 Å². The minimum absolute atomic E-state index is 0.269. The molecule has 0 unspecified atom stereocenters. The number of rotatable bonds is 0. The summed E-state index contributed by atoms with van der Waals surface area (Å²) >= 11 is 0. The van der Waals surface area contributed by atoms with Crippen LogP contribution in [0.1, 0.15) is 18.4 Å². The number of piperidine rings is 1. The van der Waals surface area contributed by atoms with Crippen LogP contribution in [0, 0.1) is 5.82 Å². The second-order valence-electron chi connectivity index (χ2n) is 4.42. The quantitative estimate of drug-likeness (QED) is 0.724. The zero-order valence-corrected chi connectivity index (χ0v) is 9.25. The number of carbonyl (C=O) groups excluding carboxylic acids is 1. The highest BCUT2D eigenvalue weighted by molar-refractivity contribution is 5.89. The molecule has 2 N–H and O–H groups in total. The number of amides is 1. The Morgan fingerprint density at radius 1 is 1.29 bits per heavy atom. The van der Waals surface area contributed by atoms with Gasteiger partial charge in [-0.3, -0.25) is 5.32 Å². The molecule has 0 aromatic heterocycles. The van der Waals surface area contributed by atoms with Crippen molar-refractivity contribution < 1.29 is 13.9 Å². The fraction of sp³-hybridized carbons (Fsp3) is 0.417. The van der Waals surface area contributed by atoms with Crippen LogP contribution < -0.4 is 10.6 Å². The second kappa shape index (κ2) is 3.70. The van der Waals surface area contributed by atoms with Gasteiger partial charge < -0.3 is 10.1 Å². The van der Waals surface area contributed by atoms with Crippen LogP contribution in [0.3, 0.4) is 0 Å². The van der Waals surface area contributed by atoms with E-state index in [-0.39, 0.29) is 5.69 Å². The van der Waals surface area contributed by atoms with E-state index in [0.717, 1.165) is 18.7 Å². The molecule has 0 aliphatic carbocycles. The van der Waals surface area contributed by atoms with Crippen LogP contribution in [-0.2, 0) is 10.3 Å². The lowest BCUT2D eigenvalue weighted by atomic mass is 9.83. The van der Waals surface area contributed by atoms with Crippen molar-refractivity contribution in [3.8, 4) is 0 Å². The van der Waals surface area contributed by atoms with Crippen LogP contribution in [0.5, 0.6) is 0 Å². The molecule has 5 heteroatoms. The fourth-order valence-electron chi connectivity index (χ4n) is 2.59. The monoisotopic (exact) mass is 236 g/mol. The Balaban J connectivity index is 2.13. The van der Waals surface area contributed by atoms with Crippen LogP contribution >= 0.6 is 0 Å². The van der Waals surface area contributed by atoms with Gasteiger partial charge in [-0.15, -0.1) is 0 Å². The van der Waals surface area contributed by atoms with Gasteiger partial charge in [0.05, 0.1) is 5.69 Å². The van der Waals surface area contributed by atoms with Crippen molar-refractivity contribution in [1.82, 2.24) is 5.32 Å². The molecule has 1 fully saturated rings. The summed E-state index contributed by atoms with van der Waals surface area (Å²) in [4.78, 5) is 11.5. The third-order valence-electron chi connectivity index (χ3n) is 3.43. The summed E-state index contributed by atoms with van der Waals surface area (Å²) in [6.45, 7) is 1.53. The van der Waals surface area contributed by atoms with Crippen LogP contribution in [-0.4, -0.2) is 19.2 Å². The zero-order chi connectivity index (χ0) is 11.9. The zero-order valence-electron chi connectivity index (χ0n) is 9.25. The normalized spacial score (nSPS) is 21.6. The molecule has 17 heavy (non-hydrogen) atoms. The number of halogens is 1. The first-order valence-corrected chi connectivity index (χ1v) is 5.71. The molecule has 2 heterocycles. The lowest BCUT2D eigenvalue weighted by Gasteiger charge is -2.41. The van der Waals surface area contributed by atoms with Crippen molar-refractivity contribution in [3.63, 3.8) is 0 Å². The smallest absolute Gasteiger partial charge is 0.412 e. The molecule has 1 aromatic carbocycles. The third-order valence-corrected chi connectivity index (χ3v) is 3.43. The number of nitrogens with one attached hydrogen (secondary N) is 2. The largest absolute Gasteiger partial charge is 0.438 e. The van der Waals surface area contributed by atoms with E-state index in [1.54, 1.807) is 6.07 Å². The standard InChI is InChI=1S/C12H13FN2O2/c13-9-3-1-2-8-10(9)15-11(16)17-12(8)4-6-14-7-5-12/h1-3,14H,4-7H2,(H,15,16). The maximum atomic E-state index is 13.7. The van der Waals surface area contributed by atoms with Gasteiger partial charge in [-0.05, 0) is 19.2 Å². The Hall–Kier alpha value is -1.62. The minimum atomic E-state index is -0.662. The van der Waals surface area contributed by atoms with E-state index in [4.69, 9.17) is 4.74 Å². The van der Waals surface area contributed by atoms with Crippen molar-refractivity contribution >= 4 is 11.8 Å². The van der Waals surface area contributed by atoms with Gasteiger partial charge in [0.2, 0.25) is 0 Å². The average Bonchev–Trinajstić information content (AvgIpc) is 2.32. The Labute approximate surface area is 98.1 Å². The van der Waals surface area contributed by atoms with Crippen molar-refractivity contribution in [2.45, 2.75) is 18.4 Å². The molecule has 0 radical (unpaired) electrons. The van der Waals surface area contributed by atoms with E-state index in [1.165, 1.54) is 6.07 Å². The van der Waals surface area contributed by atoms with E-state index in [0.29, 0.717) is 12.8 Å². The van der Waals surface area contributed by atoms with Gasteiger partial charge in [0.1, 0.15) is 11.4 Å². The van der Waals surface area contributed by atoms with Gasteiger partial charge in [0.15, 0.2) is 0 Å². The maximum Gasteiger partial charge on any atom is 0.412 e. The number of hydrogen-bond donors (Lipinski definition) is 2. The van der Waals surface area contributed by atoms with Crippen LogP contribution in [0.15, 0.2) is 18.2 Å². The number of hydrogen-bond acceptors (Lipinski definition) is 3. The Bertz CT molecular complexity index is 470. The lowest BCUT2D eigenvalue weighted by molar-refractivity contribution is -0.0129. The first-order chi connectivity index (χ1) is 8.21. The molecule has 0 atom stereocenters. The van der Waals surface area contributed by atoms with Gasteiger partial charge in [-0.25, -0.2) is 9.18 Å². The summed E-state index contributed by atoms with van der Waals surface area (Å²) in [7, 11) is 0.